The van der Waals surface area contributed by atoms with E-state index in [1.54, 1.807) is 19.2 Å². The fraction of sp³-hybridized carbons (Fsp3) is 0.393. The van der Waals surface area contributed by atoms with Crippen LogP contribution in [-0.2, 0) is 25.5 Å². The number of thiazole rings is 1. The Morgan fingerprint density at radius 2 is 1.93 bits per heavy atom. The van der Waals surface area contributed by atoms with Crippen LogP contribution in [0, 0.1) is 18.7 Å². The highest BCUT2D eigenvalue weighted by Crippen LogP contribution is 2.43. The maximum atomic E-state index is 13.9. The zero-order chi connectivity index (χ0) is 28.4. The van der Waals surface area contributed by atoms with Crippen LogP contribution < -0.4 is 5.32 Å². The Balaban J connectivity index is 1.46. The van der Waals surface area contributed by atoms with E-state index in [9.17, 15) is 14.0 Å². The Labute approximate surface area is 239 Å². The first-order valence-corrected chi connectivity index (χ1v) is 14.1. The molecule has 1 atom stereocenters. The summed E-state index contributed by atoms with van der Waals surface area (Å²) in [7, 11) is 2.67. The van der Waals surface area contributed by atoms with Crippen molar-refractivity contribution in [3.8, 4) is 0 Å². The van der Waals surface area contributed by atoms with Crippen molar-refractivity contribution >= 4 is 40.7 Å². The van der Waals surface area contributed by atoms with Crippen LogP contribution in [0.4, 0.5) is 4.39 Å². The van der Waals surface area contributed by atoms with Crippen LogP contribution in [-0.4, -0.2) is 42.0 Å². The van der Waals surface area contributed by atoms with Crippen LogP contribution in [0.25, 0.3) is 0 Å². The normalized spacial score (nSPS) is 21.0. The van der Waals surface area contributed by atoms with Crippen LogP contribution in [0.15, 0.2) is 50.5 Å². The van der Waals surface area contributed by atoms with Gasteiger partial charge in [-0.25, -0.2) is 19.2 Å². The molecule has 5 rings (SSSR count). The van der Waals surface area contributed by atoms with Gasteiger partial charge in [-0.05, 0) is 50.7 Å². The summed E-state index contributed by atoms with van der Waals surface area (Å²) in [6.45, 7) is 1.79. The van der Waals surface area contributed by atoms with E-state index in [0.29, 0.717) is 45.0 Å². The Morgan fingerprint density at radius 3 is 2.58 bits per heavy atom. The number of rotatable bonds is 7. The number of amidine groups is 1. The van der Waals surface area contributed by atoms with E-state index in [1.165, 1.54) is 37.7 Å². The van der Waals surface area contributed by atoms with Crippen LogP contribution in [0.3, 0.4) is 0 Å². The lowest BCUT2D eigenvalue weighted by Crippen LogP contribution is -2.37. The van der Waals surface area contributed by atoms with Crippen molar-refractivity contribution < 1.29 is 27.9 Å². The van der Waals surface area contributed by atoms with E-state index >= 15 is 0 Å². The molecule has 0 saturated heterocycles. The number of ether oxygens (including phenoxy) is 2. The third-order valence-corrected chi connectivity index (χ3v) is 8.41. The van der Waals surface area contributed by atoms with Crippen molar-refractivity contribution in [3.05, 3.63) is 79.8 Å². The standard InChI is InChI=1S/C28H28ClFN4O5S/c1-14-20(13-21(35)37-2)32-26(39-14)16-6-4-15(5-7-16)23-22(28(36)38-3)24(18-9-8-17(30)12-19(18)29)34-25(33-23)27-31-10-11-40-27/h8-12,15-16,24H,4-7,13H2,1-3H3,(H,33,34)/t15-,16-,24?. The van der Waals surface area contributed by atoms with Gasteiger partial charge in [-0.3, -0.25) is 9.79 Å². The van der Waals surface area contributed by atoms with E-state index in [1.807, 2.05) is 5.38 Å². The maximum Gasteiger partial charge on any atom is 0.338 e. The summed E-state index contributed by atoms with van der Waals surface area (Å²) in [5, 5.41) is 6.06. The highest BCUT2D eigenvalue weighted by molar-refractivity contribution is 7.11. The summed E-state index contributed by atoms with van der Waals surface area (Å²) < 4.78 is 29.8. The number of benzene rings is 1. The third kappa shape index (κ3) is 5.66. The molecule has 3 aromatic rings. The maximum absolute atomic E-state index is 13.9. The molecule has 1 aliphatic carbocycles. The minimum atomic E-state index is -0.802. The zero-order valence-electron chi connectivity index (χ0n) is 22.2. The summed E-state index contributed by atoms with van der Waals surface area (Å²) in [5.74, 6) is 0.389. The first-order valence-electron chi connectivity index (χ1n) is 12.8. The van der Waals surface area contributed by atoms with E-state index in [2.05, 4.69) is 15.3 Å². The fourth-order valence-electron chi connectivity index (χ4n) is 5.25. The Morgan fingerprint density at radius 1 is 1.18 bits per heavy atom. The van der Waals surface area contributed by atoms with Crippen LogP contribution in [0.5, 0.6) is 0 Å². The third-order valence-electron chi connectivity index (χ3n) is 7.31. The summed E-state index contributed by atoms with van der Waals surface area (Å²) in [5.41, 5.74) is 2.12. The molecule has 210 valence electrons. The lowest BCUT2D eigenvalue weighted by atomic mass is 9.78. The number of esters is 2. The van der Waals surface area contributed by atoms with Gasteiger partial charge < -0.3 is 19.2 Å². The molecular weight excluding hydrogens is 559 g/mol. The monoisotopic (exact) mass is 586 g/mol. The number of aromatic nitrogens is 2. The predicted octanol–water partition coefficient (Wildman–Crippen LogP) is 5.44. The number of hydrogen-bond donors (Lipinski definition) is 1. The van der Waals surface area contributed by atoms with Gasteiger partial charge in [-0.2, -0.15) is 0 Å². The second-order valence-corrected chi connectivity index (χ2v) is 11.0. The number of aryl methyl sites for hydroxylation is 1. The second-order valence-electron chi connectivity index (χ2n) is 9.68. The number of allylic oxidation sites excluding steroid dienone is 1. The number of carbonyl (C=O) groups excluding carboxylic acids is 2. The van der Waals surface area contributed by atoms with Gasteiger partial charge in [0.15, 0.2) is 16.7 Å². The molecule has 1 unspecified atom stereocenters. The average molecular weight is 587 g/mol. The van der Waals surface area contributed by atoms with Gasteiger partial charge in [0.2, 0.25) is 0 Å². The second kappa shape index (κ2) is 11.9. The lowest BCUT2D eigenvalue weighted by molar-refractivity contribution is -0.140. The number of aliphatic imine (C=N–C) groups is 1. The molecule has 2 aliphatic rings. The first kappa shape index (κ1) is 28.0. The molecule has 1 saturated carbocycles. The number of halogens is 2. The molecule has 9 nitrogen and oxygen atoms in total. The molecule has 40 heavy (non-hydrogen) atoms. The van der Waals surface area contributed by atoms with E-state index in [4.69, 9.17) is 30.5 Å². The summed E-state index contributed by atoms with van der Waals surface area (Å²) >= 11 is 7.88. The lowest BCUT2D eigenvalue weighted by Gasteiger charge is -2.34. The molecule has 1 N–H and O–H groups in total. The largest absolute Gasteiger partial charge is 0.469 e. The van der Waals surface area contributed by atoms with Crippen molar-refractivity contribution in [3.63, 3.8) is 0 Å². The molecule has 0 spiro atoms. The minimum absolute atomic E-state index is 0.0249. The van der Waals surface area contributed by atoms with Crippen molar-refractivity contribution in [2.75, 3.05) is 14.2 Å². The number of hydrogen-bond acceptors (Lipinski definition) is 10. The highest BCUT2D eigenvalue weighted by atomic mass is 35.5. The summed E-state index contributed by atoms with van der Waals surface area (Å²) in [6.07, 6.45) is 4.72. The summed E-state index contributed by atoms with van der Waals surface area (Å²) in [4.78, 5) is 38.8. The molecule has 0 amide bonds. The van der Waals surface area contributed by atoms with Crippen LogP contribution >= 0.6 is 22.9 Å². The van der Waals surface area contributed by atoms with Crippen LogP contribution in [0.2, 0.25) is 5.02 Å². The van der Waals surface area contributed by atoms with Gasteiger partial charge in [0, 0.05) is 33.8 Å². The Bertz CT molecular complexity index is 1480. The first-order chi connectivity index (χ1) is 19.3. The number of methoxy groups -OCH3 is 2. The highest BCUT2D eigenvalue weighted by Gasteiger charge is 2.38. The quantitative estimate of drug-likeness (QED) is 0.364. The molecule has 0 bridgehead atoms. The SMILES string of the molecule is COC(=O)Cc1nc([C@H]2CC[C@H](C3=C(C(=O)OC)C(c4ccc(F)cc4Cl)N=C(c4nccs4)N3)CC2)oc1C. The van der Waals surface area contributed by atoms with Gasteiger partial charge in [0.25, 0.3) is 0 Å². The average Bonchev–Trinajstić information content (AvgIpc) is 3.62. The van der Waals surface area contributed by atoms with E-state index in [0.717, 1.165) is 25.7 Å². The number of nitrogens with one attached hydrogen (secondary N) is 1. The van der Waals surface area contributed by atoms with Gasteiger partial charge in [-0.1, -0.05) is 17.7 Å². The number of nitrogens with zero attached hydrogens (tertiary/aromatic N) is 3. The fourth-order valence-corrected chi connectivity index (χ4v) is 6.10. The predicted molar refractivity (Wildman–Crippen MR) is 147 cm³/mol. The zero-order valence-corrected chi connectivity index (χ0v) is 23.8. The smallest absolute Gasteiger partial charge is 0.338 e. The molecule has 12 heteroatoms. The van der Waals surface area contributed by atoms with E-state index < -0.39 is 17.8 Å². The molecule has 3 heterocycles. The van der Waals surface area contributed by atoms with E-state index in [-0.39, 0.29) is 29.2 Å². The molecule has 1 fully saturated rings. The van der Waals surface area contributed by atoms with Gasteiger partial charge in [0.1, 0.15) is 17.6 Å². The van der Waals surface area contributed by atoms with Gasteiger partial charge in [0.05, 0.1) is 31.9 Å². The Kier molecular flexibility index (Phi) is 8.32. The molecule has 2 aromatic heterocycles. The van der Waals surface area contributed by atoms with Gasteiger partial charge in [-0.15, -0.1) is 11.3 Å². The minimum Gasteiger partial charge on any atom is -0.469 e. The van der Waals surface area contributed by atoms with Crippen molar-refractivity contribution in [2.24, 2.45) is 10.9 Å². The molecular formula is C28H28ClFN4O5S. The molecule has 1 aliphatic heterocycles. The van der Waals surface area contributed by atoms with Crippen molar-refractivity contribution in [2.45, 2.75) is 51.0 Å². The number of carbonyl (C=O) groups is 2. The molecule has 0 radical (unpaired) electrons. The molecule has 1 aromatic carbocycles. The van der Waals surface area contributed by atoms with Crippen LogP contribution in [0.1, 0.15) is 65.6 Å². The van der Waals surface area contributed by atoms with Gasteiger partial charge >= 0.3 is 11.9 Å². The van der Waals surface area contributed by atoms with Crippen molar-refractivity contribution in [1.82, 2.24) is 15.3 Å². The Hall–Kier alpha value is -3.57. The summed E-state index contributed by atoms with van der Waals surface area (Å²) in [6, 6.07) is 3.26. The van der Waals surface area contributed by atoms with Crippen molar-refractivity contribution in [1.29, 1.82) is 0 Å². The topological polar surface area (TPSA) is 116 Å². The number of oxazole rings is 1.